The molecule has 0 saturated heterocycles. The zero-order valence-corrected chi connectivity index (χ0v) is 8.42. The Kier molecular flexibility index (Phi) is 2.70. The summed E-state index contributed by atoms with van der Waals surface area (Å²) >= 11 is 0. The summed E-state index contributed by atoms with van der Waals surface area (Å²) in [7, 11) is 1.69. The molecule has 2 rings (SSSR count). The fraction of sp³-hybridized carbons (Fsp3) is 0.455. The van der Waals surface area contributed by atoms with Crippen molar-refractivity contribution in [2.45, 2.75) is 25.3 Å². The fourth-order valence-corrected chi connectivity index (χ4v) is 2.08. The molecule has 0 spiro atoms. The lowest BCUT2D eigenvalue weighted by Crippen LogP contribution is -2.30. The Morgan fingerprint density at radius 3 is 3.07 bits per heavy atom. The Morgan fingerprint density at radius 2 is 2.36 bits per heavy atom. The summed E-state index contributed by atoms with van der Waals surface area (Å²) < 4.78 is 5.20. The molecule has 0 amide bonds. The van der Waals surface area contributed by atoms with Crippen molar-refractivity contribution in [3.8, 4) is 5.75 Å². The first kappa shape index (κ1) is 9.49. The van der Waals surface area contributed by atoms with Gasteiger partial charge in [0.25, 0.3) is 0 Å². The van der Waals surface area contributed by atoms with Gasteiger partial charge in [0.1, 0.15) is 5.75 Å². The van der Waals surface area contributed by atoms with E-state index >= 15 is 0 Å². The molecule has 14 heavy (non-hydrogen) atoms. The van der Waals surface area contributed by atoms with Gasteiger partial charge in [0.2, 0.25) is 0 Å². The van der Waals surface area contributed by atoms with Gasteiger partial charge in [-0.25, -0.2) is 0 Å². The van der Waals surface area contributed by atoms with Crippen LogP contribution in [-0.4, -0.2) is 7.11 Å². The quantitative estimate of drug-likeness (QED) is 0.552. The van der Waals surface area contributed by atoms with Crippen LogP contribution >= 0.6 is 0 Å². The molecule has 1 aromatic rings. The highest BCUT2D eigenvalue weighted by molar-refractivity contribution is 5.39. The molecule has 76 valence electrons. The van der Waals surface area contributed by atoms with Crippen LogP contribution < -0.4 is 16.0 Å². The number of hydrazine groups is 1. The van der Waals surface area contributed by atoms with Crippen LogP contribution in [0.2, 0.25) is 0 Å². The smallest absolute Gasteiger partial charge is 0.119 e. The van der Waals surface area contributed by atoms with E-state index < -0.39 is 0 Å². The molecule has 0 saturated carbocycles. The highest BCUT2D eigenvalue weighted by Crippen LogP contribution is 2.31. The van der Waals surface area contributed by atoms with Gasteiger partial charge in [0, 0.05) is 6.04 Å². The van der Waals surface area contributed by atoms with E-state index in [9.17, 15) is 0 Å². The SMILES string of the molecule is COc1ccc2c(c1)[C@@H](NN)CCC2. The van der Waals surface area contributed by atoms with Crippen molar-refractivity contribution in [2.24, 2.45) is 5.84 Å². The third kappa shape index (κ3) is 1.61. The van der Waals surface area contributed by atoms with E-state index in [4.69, 9.17) is 10.6 Å². The van der Waals surface area contributed by atoms with Crippen molar-refractivity contribution in [3.05, 3.63) is 29.3 Å². The molecule has 3 heteroatoms. The van der Waals surface area contributed by atoms with Gasteiger partial charge in [-0.1, -0.05) is 6.07 Å². The molecular weight excluding hydrogens is 176 g/mol. The lowest BCUT2D eigenvalue weighted by molar-refractivity contribution is 0.409. The number of aryl methyl sites for hydroxylation is 1. The predicted octanol–water partition coefficient (Wildman–Crippen LogP) is 1.54. The van der Waals surface area contributed by atoms with Gasteiger partial charge >= 0.3 is 0 Å². The van der Waals surface area contributed by atoms with E-state index in [0.29, 0.717) is 0 Å². The lowest BCUT2D eigenvalue weighted by atomic mass is 9.88. The van der Waals surface area contributed by atoms with Gasteiger partial charge < -0.3 is 4.74 Å². The average Bonchev–Trinajstić information content (AvgIpc) is 2.27. The number of benzene rings is 1. The van der Waals surface area contributed by atoms with Crippen LogP contribution in [0.5, 0.6) is 5.75 Å². The Labute approximate surface area is 84.2 Å². The summed E-state index contributed by atoms with van der Waals surface area (Å²) in [6, 6.07) is 6.52. The first-order chi connectivity index (χ1) is 6.85. The van der Waals surface area contributed by atoms with Crippen LogP contribution in [0.3, 0.4) is 0 Å². The summed E-state index contributed by atoms with van der Waals surface area (Å²) in [6.45, 7) is 0. The topological polar surface area (TPSA) is 47.3 Å². The van der Waals surface area contributed by atoms with Crippen LogP contribution in [0.25, 0.3) is 0 Å². The molecule has 0 radical (unpaired) electrons. The van der Waals surface area contributed by atoms with Crippen LogP contribution in [0.4, 0.5) is 0 Å². The number of hydrogen-bond acceptors (Lipinski definition) is 3. The Hall–Kier alpha value is -1.06. The summed E-state index contributed by atoms with van der Waals surface area (Å²) in [5.74, 6) is 6.43. The second kappa shape index (κ2) is 3.98. The van der Waals surface area contributed by atoms with Crippen molar-refractivity contribution in [1.29, 1.82) is 0 Å². The van der Waals surface area contributed by atoms with E-state index in [2.05, 4.69) is 17.6 Å². The number of nitrogens with one attached hydrogen (secondary N) is 1. The van der Waals surface area contributed by atoms with Gasteiger partial charge in [-0.2, -0.15) is 0 Å². The molecule has 0 fully saturated rings. The number of nitrogens with two attached hydrogens (primary N) is 1. The molecule has 1 aliphatic carbocycles. The maximum atomic E-state index is 5.52. The largest absolute Gasteiger partial charge is 0.497 e. The van der Waals surface area contributed by atoms with E-state index in [-0.39, 0.29) is 6.04 Å². The summed E-state index contributed by atoms with van der Waals surface area (Å²) in [5, 5.41) is 0. The third-order valence-corrected chi connectivity index (χ3v) is 2.87. The monoisotopic (exact) mass is 192 g/mol. The van der Waals surface area contributed by atoms with E-state index in [1.54, 1.807) is 7.11 Å². The normalized spacial score (nSPS) is 20.3. The van der Waals surface area contributed by atoms with Crippen LogP contribution in [0, 0.1) is 0 Å². The number of fused-ring (bicyclic) bond motifs is 1. The molecule has 0 aliphatic heterocycles. The van der Waals surface area contributed by atoms with E-state index in [1.807, 2.05) is 6.07 Å². The minimum Gasteiger partial charge on any atom is -0.497 e. The molecule has 0 unspecified atom stereocenters. The molecule has 1 atom stereocenters. The minimum absolute atomic E-state index is 0.286. The van der Waals surface area contributed by atoms with Gasteiger partial charge in [-0.3, -0.25) is 11.3 Å². The Bertz CT molecular complexity index is 325. The van der Waals surface area contributed by atoms with Gasteiger partial charge in [-0.15, -0.1) is 0 Å². The summed E-state index contributed by atoms with van der Waals surface area (Å²) in [5.41, 5.74) is 5.53. The number of ether oxygens (including phenoxy) is 1. The van der Waals surface area contributed by atoms with E-state index in [1.165, 1.54) is 17.5 Å². The average molecular weight is 192 g/mol. The molecule has 3 N–H and O–H groups in total. The maximum Gasteiger partial charge on any atom is 0.119 e. The highest BCUT2D eigenvalue weighted by Gasteiger charge is 2.19. The lowest BCUT2D eigenvalue weighted by Gasteiger charge is -2.25. The van der Waals surface area contributed by atoms with Crippen molar-refractivity contribution < 1.29 is 4.74 Å². The van der Waals surface area contributed by atoms with E-state index in [0.717, 1.165) is 18.6 Å². The molecule has 0 aromatic heterocycles. The highest BCUT2D eigenvalue weighted by atomic mass is 16.5. The molecule has 0 heterocycles. The second-order valence-electron chi connectivity index (χ2n) is 3.68. The standard InChI is InChI=1S/C11H16N2O/c1-14-9-6-5-8-3-2-4-11(13-12)10(8)7-9/h5-7,11,13H,2-4,12H2,1H3/t11-/m0/s1. The van der Waals surface area contributed by atoms with Crippen molar-refractivity contribution in [1.82, 2.24) is 5.43 Å². The zero-order valence-electron chi connectivity index (χ0n) is 8.42. The van der Waals surface area contributed by atoms with Crippen molar-refractivity contribution >= 4 is 0 Å². The Balaban J connectivity index is 2.38. The van der Waals surface area contributed by atoms with Crippen molar-refractivity contribution in [3.63, 3.8) is 0 Å². The third-order valence-electron chi connectivity index (χ3n) is 2.87. The predicted molar refractivity (Wildman–Crippen MR) is 56.0 cm³/mol. The first-order valence-electron chi connectivity index (χ1n) is 4.98. The van der Waals surface area contributed by atoms with Crippen LogP contribution in [0.15, 0.2) is 18.2 Å². The molecule has 0 bridgehead atoms. The molecule has 1 aliphatic rings. The molecule has 1 aromatic carbocycles. The second-order valence-corrected chi connectivity index (χ2v) is 3.68. The molecule has 3 nitrogen and oxygen atoms in total. The summed E-state index contributed by atoms with van der Waals surface area (Å²) in [4.78, 5) is 0. The van der Waals surface area contributed by atoms with Gasteiger partial charge in [0.05, 0.1) is 7.11 Å². The van der Waals surface area contributed by atoms with Crippen LogP contribution in [-0.2, 0) is 6.42 Å². The van der Waals surface area contributed by atoms with Gasteiger partial charge in [-0.05, 0) is 42.5 Å². The van der Waals surface area contributed by atoms with Crippen molar-refractivity contribution in [2.75, 3.05) is 7.11 Å². The summed E-state index contributed by atoms with van der Waals surface area (Å²) in [6.07, 6.45) is 3.46. The number of methoxy groups -OCH3 is 1. The van der Waals surface area contributed by atoms with Crippen LogP contribution in [0.1, 0.15) is 30.0 Å². The first-order valence-corrected chi connectivity index (χ1v) is 4.98. The zero-order chi connectivity index (χ0) is 9.97. The maximum absolute atomic E-state index is 5.52. The van der Waals surface area contributed by atoms with Gasteiger partial charge in [0.15, 0.2) is 0 Å². The number of hydrogen-bond donors (Lipinski definition) is 2. The molecular formula is C11H16N2O. The fourth-order valence-electron chi connectivity index (χ4n) is 2.08. The Morgan fingerprint density at radius 1 is 1.50 bits per heavy atom. The number of rotatable bonds is 2. The minimum atomic E-state index is 0.286.